The van der Waals surface area contributed by atoms with E-state index in [0.717, 1.165) is 5.56 Å². The van der Waals surface area contributed by atoms with Crippen molar-refractivity contribution >= 4 is 29.6 Å². The molecule has 0 saturated carbocycles. The number of amides is 1. The second-order valence-electron chi connectivity index (χ2n) is 5.07. The third-order valence-electron chi connectivity index (χ3n) is 3.25. The first-order valence-corrected chi connectivity index (χ1v) is 7.75. The summed E-state index contributed by atoms with van der Waals surface area (Å²) in [5.74, 6) is -1.07. The quantitative estimate of drug-likeness (QED) is 0.486. The van der Waals surface area contributed by atoms with Crippen LogP contribution < -0.4 is 5.32 Å². The number of esters is 1. The van der Waals surface area contributed by atoms with Gasteiger partial charge in [0.15, 0.2) is 6.61 Å². The highest BCUT2D eigenvalue weighted by Crippen LogP contribution is 2.21. The monoisotopic (exact) mass is 358 g/mol. The van der Waals surface area contributed by atoms with Crippen molar-refractivity contribution in [2.75, 3.05) is 6.61 Å². The fourth-order valence-electron chi connectivity index (χ4n) is 2.05. The number of rotatable bonds is 6. The summed E-state index contributed by atoms with van der Waals surface area (Å²) in [6.07, 6.45) is 2.66. The van der Waals surface area contributed by atoms with Crippen LogP contribution in [0.2, 0.25) is 5.02 Å². The molecule has 2 aromatic rings. The van der Waals surface area contributed by atoms with Gasteiger partial charge in [0.1, 0.15) is 17.4 Å². The van der Waals surface area contributed by atoms with E-state index in [1.54, 1.807) is 43.3 Å². The lowest BCUT2D eigenvalue weighted by Crippen LogP contribution is -2.31. The molecule has 0 aliphatic heterocycles. The lowest BCUT2D eigenvalue weighted by Gasteiger charge is -2.15. The molecule has 128 valence electrons. The minimum atomic E-state index is -0.903. The average molecular weight is 359 g/mol. The summed E-state index contributed by atoms with van der Waals surface area (Å²) in [6.45, 7) is 1.25. The predicted octanol–water partition coefficient (Wildman–Crippen LogP) is 3.26. The molecule has 25 heavy (non-hydrogen) atoms. The minimum absolute atomic E-state index is 0.262. The number of ether oxygens (including phenoxy) is 1. The molecule has 0 saturated heterocycles. The van der Waals surface area contributed by atoms with E-state index in [1.807, 2.05) is 6.07 Å². The Labute approximate surface area is 149 Å². The molecule has 0 fully saturated rings. The molecule has 0 radical (unpaired) electrons. The number of hydrogen-bond acceptors (Lipinski definition) is 5. The third kappa shape index (κ3) is 5.23. The van der Waals surface area contributed by atoms with Gasteiger partial charge in [0, 0.05) is 11.1 Å². The van der Waals surface area contributed by atoms with Gasteiger partial charge in [0.25, 0.3) is 5.91 Å². The van der Waals surface area contributed by atoms with Crippen molar-refractivity contribution in [3.05, 3.63) is 64.6 Å². The molecule has 1 heterocycles. The number of carbonyl (C=O) groups is 2. The normalized spacial score (nSPS) is 12.1. The molecule has 0 aliphatic rings. The molecule has 0 bridgehead atoms. The molecule has 0 unspecified atom stereocenters. The van der Waals surface area contributed by atoms with Crippen molar-refractivity contribution in [3.8, 4) is 6.07 Å². The van der Waals surface area contributed by atoms with Crippen LogP contribution in [-0.4, -0.2) is 18.5 Å². The van der Waals surface area contributed by atoms with Gasteiger partial charge in [-0.2, -0.15) is 5.26 Å². The van der Waals surface area contributed by atoms with E-state index in [1.165, 1.54) is 12.3 Å². The molecule has 2 rings (SSSR count). The van der Waals surface area contributed by atoms with Crippen LogP contribution in [0.3, 0.4) is 0 Å². The van der Waals surface area contributed by atoms with Crippen LogP contribution >= 0.6 is 11.6 Å². The number of hydrogen-bond donors (Lipinski definition) is 1. The van der Waals surface area contributed by atoms with E-state index in [-0.39, 0.29) is 11.6 Å². The Hall–Kier alpha value is -3.04. The number of furan rings is 1. The van der Waals surface area contributed by atoms with Gasteiger partial charge >= 0.3 is 5.97 Å². The SMILES string of the molecule is C[C@@H](NC(=O)COC(=O)/C(C#N)=C/c1ccco1)c1ccccc1Cl. The van der Waals surface area contributed by atoms with E-state index < -0.39 is 18.5 Å². The molecule has 1 amide bonds. The van der Waals surface area contributed by atoms with Crippen molar-refractivity contribution in [1.82, 2.24) is 5.32 Å². The van der Waals surface area contributed by atoms with E-state index in [0.29, 0.717) is 10.8 Å². The first-order chi connectivity index (χ1) is 12.0. The summed E-state index contributed by atoms with van der Waals surface area (Å²) >= 11 is 6.07. The first-order valence-electron chi connectivity index (χ1n) is 7.37. The van der Waals surface area contributed by atoms with Gasteiger partial charge < -0.3 is 14.5 Å². The Bertz CT molecular complexity index is 822. The molecule has 0 aliphatic carbocycles. The summed E-state index contributed by atoms with van der Waals surface area (Å²) in [5.41, 5.74) is 0.487. The van der Waals surface area contributed by atoms with Gasteiger partial charge in [-0.25, -0.2) is 4.79 Å². The molecular formula is C18H15ClN2O4. The minimum Gasteiger partial charge on any atom is -0.465 e. The second-order valence-corrected chi connectivity index (χ2v) is 5.48. The highest BCUT2D eigenvalue weighted by Gasteiger charge is 2.16. The number of benzene rings is 1. The van der Waals surface area contributed by atoms with Gasteiger partial charge in [-0.05, 0) is 30.7 Å². The number of carbonyl (C=O) groups excluding carboxylic acids is 2. The van der Waals surface area contributed by atoms with Crippen LogP contribution in [0.15, 0.2) is 52.7 Å². The van der Waals surface area contributed by atoms with Crippen LogP contribution in [0.1, 0.15) is 24.3 Å². The van der Waals surface area contributed by atoms with E-state index >= 15 is 0 Å². The van der Waals surface area contributed by atoms with E-state index in [2.05, 4.69) is 5.32 Å². The average Bonchev–Trinajstić information content (AvgIpc) is 3.11. The van der Waals surface area contributed by atoms with Gasteiger partial charge in [-0.3, -0.25) is 4.79 Å². The Morgan fingerprint density at radius 2 is 2.12 bits per heavy atom. The Morgan fingerprint density at radius 1 is 1.36 bits per heavy atom. The lowest BCUT2D eigenvalue weighted by molar-refractivity contribution is -0.144. The van der Waals surface area contributed by atoms with Crippen LogP contribution in [0, 0.1) is 11.3 Å². The van der Waals surface area contributed by atoms with Crippen LogP contribution in [0.5, 0.6) is 0 Å². The van der Waals surface area contributed by atoms with Crippen molar-refractivity contribution in [2.24, 2.45) is 0 Å². The maximum Gasteiger partial charge on any atom is 0.349 e. The summed E-state index contributed by atoms with van der Waals surface area (Å²) < 4.78 is 9.88. The molecule has 7 heteroatoms. The first kappa shape index (κ1) is 18.3. The van der Waals surface area contributed by atoms with Crippen LogP contribution in [-0.2, 0) is 14.3 Å². The largest absolute Gasteiger partial charge is 0.465 e. The van der Waals surface area contributed by atoms with Gasteiger partial charge in [0.05, 0.1) is 12.3 Å². The molecule has 1 atom stereocenters. The summed E-state index contributed by atoms with van der Waals surface area (Å²) in [7, 11) is 0. The molecular weight excluding hydrogens is 344 g/mol. The smallest absolute Gasteiger partial charge is 0.349 e. The number of nitriles is 1. The van der Waals surface area contributed by atoms with Crippen molar-refractivity contribution in [2.45, 2.75) is 13.0 Å². The molecule has 6 nitrogen and oxygen atoms in total. The van der Waals surface area contributed by atoms with Crippen molar-refractivity contribution in [3.63, 3.8) is 0 Å². The molecule has 0 spiro atoms. The zero-order valence-corrected chi connectivity index (χ0v) is 14.1. The molecule has 1 N–H and O–H groups in total. The topological polar surface area (TPSA) is 92.3 Å². The fraction of sp³-hybridized carbons (Fsp3) is 0.167. The maximum absolute atomic E-state index is 11.9. The Balaban J connectivity index is 1.90. The number of halogens is 1. The number of nitrogens with zero attached hydrogens (tertiary/aromatic N) is 1. The number of nitrogens with one attached hydrogen (secondary N) is 1. The zero-order chi connectivity index (χ0) is 18.2. The summed E-state index contributed by atoms with van der Waals surface area (Å²) in [4.78, 5) is 23.8. The standard InChI is InChI=1S/C18H15ClN2O4/c1-12(15-6-2-3-7-16(15)19)21-17(22)11-25-18(23)13(10-20)9-14-5-4-8-24-14/h2-9,12H,11H2,1H3,(H,21,22)/b13-9+/t12-/m1/s1. The fourth-order valence-corrected chi connectivity index (χ4v) is 2.35. The van der Waals surface area contributed by atoms with E-state index in [4.69, 9.17) is 26.0 Å². The van der Waals surface area contributed by atoms with Gasteiger partial charge in [-0.15, -0.1) is 0 Å². The second kappa shape index (κ2) is 8.71. The Kier molecular flexibility index (Phi) is 6.38. The van der Waals surface area contributed by atoms with Crippen LogP contribution in [0.4, 0.5) is 0 Å². The molecule has 1 aromatic carbocycles. The highest BCUT2D eigenvalue weighted by molar-refractivity contribution is 6.31. The predicted molar refractivity (Wildman–Crippen MR) is 91.3 cm³/mol. The Morgan fingerprint density at radius 3 is 2.76 bits per heavy atom. The van der Waals surface area contributed by atoms with Gasteiger partial charge in [-0.1, -0.05) is 29.8 Å². The van der Waals surface area contributed by atoms with Crippen LogP contribution in [0.25, 0.3) is 6.08 Å². The summed E-state index contributed by atoms with van der Waals surface area (Å²) in [5, 5.41) is 12.2. The van der Waals surface area contributed by atoms with E-state index in [9.17, 15) is 9.59 Å². The van der Waals surface area contributed by atoms with Gasteiger partial charge in [0.2, 0.25) is 0 Å². The molecule has 1 aromatic heterocycles. The summed E-state index contributed by atoms with van der Waals surface area (Å²) in [6, 6.07) is 11.7. The maximum atomic E-state index is 11.9. The van der Waals surface area contributed by atoms with Crippen molar-refractivity contribution < 1.29 is 18.7 Å². The zero-order valence-electron chi connectivity index (χ0n) is 13.4. The third-order valence-corrected chi connectivity index (χ3v) is 3.60. The lowest BCUT2D eigenvalue weighted by atomic mass is 10.1. The highest BCUT2D eigenvalue weighted by atomic mass is 35.5. The van der Waals surface area contributed by atoms with Crippen molar-refractivity contribution in [1.29, 1.82) is 5.26 Å².